The molecule has 0 fully saturated rings. The third-order valence-electron chi connectivity index (χ3n) is 5.02. The molecular formula is C25H20N5O+. The highest BCUT2D eigenvalue weighted by atomic mass is 16.1. The summed E-state index contributed by atoms with van der Waals surface area (Å²) < 4.78 is 3.83. The van der Waals surface area contributed by atoms with Gasteiger partial charge in [-0.15, -0.1) is 9.97 Å². The molecule has 5 aromatic rings. The number of anilines is 2. The summed E-state index contributed by atoms with van der Waals surface area (Å²) in [6.07, 6.45) is 5.19. The van der Waals surface area contributed by atoms with Crippen LogP contribution in [0.1, 0.15) is 5.69 Å². The Kier molecular flexibility index (Phi) is 4.72. The van der Waals surface area contributed by atoms with Gasteiger partial charge in [0.2, 0.25) is 6.33 Å². The second kappa shape index (κ2) is 7.84. The average Bonchev–Trinajstić information content (AvgIpc) is 2.80. The van der Waals surface area contributed by atoms with E-state index in [2.05, 4.69) is 19.9 Å². The van der Waals surface area contributed by atoms with Crippen LogP contribution >= 0.6 is 0 Å². The van der Waals surface area contributed by atoms with Crippen molar-refractivity contribution in [2.24, 2.45) is 0 Å². The fourth-order valence-electron chi connectivity index (χ4n) is 3.70. The number of hydrogen-bond donors (Lipinski definition) is 1. The Labute approximate surface area is 179 Å². The molecule has 150 valence electrons. The lowest BCUT2D eigenvalue weighted by molar-refractivity contribution is -0.601. The van der Waals surface area contributed by atoms with Crippen molar-refractivity contribution in [1.82, 2.24) is 14.5 Å². The molecule has 0 saturated heterocycles. The first-order valence-electron chi connectivity index (χ1n) is 9.97. The minimum absolute atomic E-state index is 0.112. The first-order chi connectivity index (χ1) is 15.2. The molecule has 3 aromatic heterocycles. The van der Waals surface area contributed by atoms with E-state index < -0.39 is 0 Å². The van der Waals surface area contributed by atoms with Crippen molar-refractivity contribution in [1.29, 1.82) is 0 Å². The smallest absolute Gasteiger partial charge is 0.280 e. The van der Waals surface area contributed by atoms with Crippen molar-refractivity contribution in [2.75, 3.05) is 5.32 Å². The van der Waals surface area contributed by atoms with E-state index in [1.165, 1.54) is 0 Å². The lowest BCUT2D eigenvalue weighted by Crippen LogP contribution is -2.33. The number of para-hydroxylation sites is 2. The molecule has 31 heavy (non-hydrogen) atoms. The molecule has 0 atom stereocenters. The van der Waals surface area contributed by atoms with Crippen molar-refractivity contribution in [3.8, 4) is 11.5 Å². The highest BCUT2D eigenvalue weighted by Crippen LogP contribution is 2.26. The van der Waals surface area contributed by atoms with Crippen LogP contribution in [0.3, 0.4) is 0 Å². The average molecular weight is 406 g/mol. The van der Waals surface area contributed by atoms with Crippen LogP contribution in [-0.4, -0.2) is 14.5 Å². The van der Waals surface area contributed by atoms with Gasteiger partial charge in [0.1, 0.15) is 23.1 Å². The van der Waals surface area contributed by atoms with Gasteiger partial charge in [-0.05, 0) is 31.2 Å². The van der Waals surface area contributed by atoms with Crippen molar-refractivity contribution in [3.05, 3.63) is 114 Å². The molecule has 0 unspecified atom stereocenters. The first kappa shape index (κ1) is 18.7. The molecule has 0 aliphatic carbocycles. The van der Waals surface area contributed by atoms with Gasteiger partial charge in [0.05, 0.1) is 11.7 Å². The summed E-state index contributed by atoms with van der Waals surface area (Å²) in [4.78, 5) is 22.2. The van der Waals surface area contributed by atoms with Crippen LogP contribution in [0.4, 0.5) is 11.5 Å². The summed E-state index contributed by atoms with van der Waals surface area (Å²) in [7, 11) is 0. The molecule has 2 aromatic carbocycles. The highest BCUT2D eigenvalue weighted by molar-refractivity contribution is 5.88. The molecule has 0 aliphatic heterocycles. The molecule has 1 N–H and O–H groups in total. The molecule has 6 heteroatoms. The predicted octanol–water partition coefficient (Wildman–Crippen LogP) is 4.11. The Morgan fingerprint density at radius 1 is 0.935 bits per heavy atom. The van der Waals surface area contributed by atoms with E-state index in [1.54, 1.807) is 23.2 Å². The topological polar surface area (TPSA) is 63.7 Å². The van der Waals surface area contributed by atoms with Crippen molar-refractivity contribution in [2.45, 2.75) is 6.92 Å². The van der Waals surface area contributed by atoms with E-state index in [9.17, 15) is 4.79 Å². The third-order valence-corrected chi connectivity index (χ3v) is 5.02. The van der Waals surface area contributed by atoms with E-state index in [0.29, 0.717) is 17.0 Å². The van der Waals surface area contributed by atoms with E-state index >= 15 is 0 Å². The molecule has 3 heterocycles. The fraction of sp³-hybridized carbons (Fsp3) is 0.0400. The van der Waals surface area contributed by atoms with Crippen LogP contribution in [0.2, 0.25) is 0 Å². The monoisotopic (exact) mass is 406 g/mol. The van der Waals surface area contributed by atoms with E-state index in [0.717, 1.165) is 22.6 Å². The number of nitrogens with zero attached hydrogens (tertiary/aromatic N) is 4. The van der Waals surface area contributed by atoms with E-state index in [1.807, 2.05) is 85.9 Å². The lowest BCUT2D eigenvalue weighted by atomic mass is 10.1. The Morgan fingerprint density at radius 2 is 1.68 bits per heavy atom. The van der Waals surface area contributed by atoms with E-state index in [-0.39, 0.29) is 5.43 Å². The van der Waals surface area contributed by atoms with Gasteiger partial charge in [0.25, 0.3) is 5.82 Å². The molecular weight excluding hydrogens is 386 g/mol. The Morgan fingerprint density at radius 3 is 2.39 bits per heavy atom. The standard InChI is InChI=1S/C25H19N5O/c1-18-15-21-24(25(27-18)29-14-8-13-26-17-29)22(31)16-23(28-19-9-4-2-5-10-19)30(21)20-11-6-3-7-12-20/h2-17H,1H3/p+1. The summed E-state index contributed by atoms with van der Waals surface area (Å²) in [5.74, 6) is 1.24. The quantitative estimate of drug-likeness (QED) is 0.456. The molecule has 0 saturated carbocycles. The van der Waals surface area contributed by atoms with Gasteiger partial charge < -0.3 is 5.32 Å². The third kappa shape index (κ3) is 3.55. The summed E-state index contributed by atoms with van der Waals surface area (Å²) >= 11 is 0. The zero-order chi connectivity index (χ0) is 21.2. The molecule has 0 spiro atoms. The number of rotatable bonds is 4. The molecule has 6 nitrogen and oxygen atoms in total. The minimum atomic E-state index is -0.112. The van der Waals surface area contributed by atoms with Crippen LogP contribution < -0.4 is 15.3 Å². The van der Waals surface area contributed by atoms with E-state index in [4.69, 9.17) is 0 Å². The number of aryl methyl sites for hydroxylation is 1. The minimum Gasteiger partial charge on any atom is -0.341 e. The van der Waals surface area contributed by atoms with Crippen LogP contribution in [0.5, 0.6) is 0 Å². The summed E-state index contributed by atoms with van der Waals surface area (Å²) in [6.45, 7) is 1.93. The lowest BCUT2D eigenvalue weighted by Gasteiger charge is -2.18. The van der Waals surface area contributed by atoms with Crippen molar-refractivity contribution in [3.63, 3.8) is 0 Å². The number of nitrogens with one attached hydrogen (secondary N) is 1. The largest absolute Gasteiger partial charge is 0.341 e. The summed E-state index contributed by atoms with van der Waals surface area (Å²) in [5.41, 5.74) is 3.31. The molecule has 5 rings (SSSR count). The van der Waals surface area contributed by atoms with Crippen LogP contribution in [0.15, 0.2) is 102 Å². The summed E-state index contributed by atoms with van der Waals surface area (Å²) in [6, 6.07) is 25.2. The zero-order valence-electron chi connectivity index (χ0n) is 16.9. The SMILES string of the molecule is Cc1cc2c(c(-[n+]3cccnc3)n1)c(=O)cc(Nc1ccccc1)n2-c1ccccc1. The Bertz CT molecular complexity index is 1420. The Hall–Kier alpha value is -4.32. The second-order valence-corrected chi connectivity index (χ2v) is 7.20. The number of pyridine rings is 2. The maximum absolute atomic E-state index is 13.4. The van der Waals surface area contributed by atoms with Gasteiger partial charge in [-0.3, -0.25) is 9.36 Å². The highest BCUT2D eigenvalue weighted by Gasteiger charge is 2.20. The maximum Gasteiger partial charge on any atom is 0.280 e. The number of fused-ring (bicyclic) bond motifs is 1. The van der Waals surface area contributed by atoms with Gasteiger partial charge in [-0.25, -0.2) is 4.57 Å². The Balaban J connectivity index is 1.86. The molecule has 0 aliphatic rings. The fourth-order valence-corrected chi connectivity index (χ4v) is 3.70. The zero-order valence-corrected chi connectivity index (χ0v) is 16.9. The van der Waals surface area contributed by atoms with Crippen molar-refractivity contribution >= 4 is 22.4 Å². The molecule has 0 bridgehead atoms. The van der Waals surface area contributed by atoms with Gasteiger partial charge in [-0.1, -0.05) is 36.4 Å². The number of benzene rings is 2. The molecule has 0 radical (unpaired) electrons. The van der Waals surface area contributed by atoms with Crippen LogP contribution in [0.25, 0.3) is 22.4 Å². The van der Waals surface area contributed by atoms with Crippen molar-refractivity contribution < 1.29 is 4.57 Å². The first-order valence-corrected chi connectivity index (χ1v) is 9.97. The number of hydrogen-bond acceptors (Lipinski definition) is 4. The van der Waals surface area contributed by atoms with Gasteiger partial charge in [0.15, 0.2) is 5.43 Å². The predicted molar refractivity (Wildman–Crippen MR) is 121 cm³/mol. The summed E-state index contributed by atoms with van der Waals surface area (Å²) in [5, 5.41) is 3.94. The maximum atomic E-state index is 13.4. The van der Waals surface area contributed by atoms with Crippen LogP contribution in [0, 0.1) is 6.92 Å². The second-order valence-electron chi connectivity index (χ2n) is 7.20. The van der Waals surface area contributed by atoms with Gasteiger partial charge in [0, 0.05) is 29.6 Å². The van der Waals surface area contributed by atoms with Crippen LogP contribution in [-0.2, 0) is 0 Å². The van der Waals surface area contributed by atoms with Gasteiger partial charge in [-0.2, -0.15) is 0 Å². The normalized spacial score (nSPS) is 10.9. The number of aromatic nitrogens is 4. The molecule has 0 amide bonds. The van der Waals surface area contributed by atoms with Gasteiger partial charge >= 0.3 is 0 Å².